The molecule has 1 fully saturated rings. The molecule has 1 saturated carbocycles. The van der Waals surface area contributed by atoms with Crippen molar-refractivity contribution >= 4 is 11.7 Å². The Morgan fingerprint density at radius 3 is 2.50 bits per heavy atom. The number of rotatable bonds is 5. The van der Waals surface area contributed by atoms with Crippen molar-refractivity contribution in [3.63, 3.8) is 0 Å². The molecule has 0 aromatic heterocycles. The molecule has 0 saturated heterocycles. The summed E-state index contributed by atoms with van der Waals surface area (Å²) >= 11 is 0. The van der Waals surface area contributed by atoms with Gasteiger partial charge in [0.15, 0.2) is 23.0 Å². The molecule has 0 bridgehead atoms. The fourth-order valence-corrected chi connectivity index (χ4v) is 3.10. The maximum absolute atomic E-state index is 12.5. The minimum atomic E-state index is -0.375. The molecule has 0 atom stereocenters. The summed E-state index contributed by atoms with van der Waals surface area (Å²) in [6.07, 6.45) is 1.74. The summed E-state index contributed by atoms with van der Waals surface area (Å²) in [5, 5.41) is 5.92. The molecule has 1 heterocycles. The predicted molar refractivity (Wildman–Crippen MR) is 95.2 cm³/mol. The Hall–Kier alpha value is -3.09. The van der Waals surface area contributed by atoms with Gasteiger partial charge in [0.05, 0.1) is 19.8 Å². The summed E-state index contributed by atoms with van der Waals surface area (Å²) < 4.78 is 21.2. The molecule has 136 valence electrons. The highest BCUT2D eigenvalue weighted by atomic mass is 16.7. The van der Waals surface area contributed by atoms with Crippen molar-refractivity contribution in [1.29, 1.82) is 0 Å². The number of anilines is 1. The molecular weight excluding hydrogens is 336 g/mol. The van der Waals surface area contributed by atoms with E-state index in [0.29, 0.717) is 28.7 Å². The van der Waals surface area contributed by atoms with E-state index in [0.717, 1.165) is 18.4 Å². The summed E-state index contributed by atoms with van der Waals surface area (Å²) in [6, 6.07) is 10.8. The molecule has 2 aliphatic rings. The van der Waals surface area contributed by atoms with E-state index in [1.54, 1.807) is 32.4 Å². The Morgan fingerprint density at radius 1 is 1.00 bits per heavy atom. The minimum Gasteiger partial charge on any atom is -0.493 e. The Kier molecular flexibility index (Phi) is 3.99. The second-order valence-corrected chi connectivity index (χ2v) is 6.30. The number of methoxy groups -OCH3 is 2. The monoisotopic (exact) mass is 356 g/mol. The number of carbonyl (C=O) groups excluding carboxylic acids is 1. The largest absolute Gasteiger partial charge is 0.493 e. The Labute approximate surface area is 151 Å². The maximum atomic E-state index is 12.5. The van der Waals surface area contributed by atoms with E-state index in [4.69, 9.17) is 18.9 Å². The van der Waals surface area contributed by atoms with E-state index in [9.17, 15) is 4.79 Å². The second kappa shape index (κ2) is 6.33. The number of urea groups is 1. The number of fused-ring (bicyclic) bond motifs is 1. The highest BCUT2D eigenvalue weighted by Crippen LogP contribution is 2.47. The third-order valence-electron chi connectivity index (χ3n) is 4.67. The topological polar surface area (TPSA) is 78.1 Å². The van der Waals surface area contributed by atoms with Gasteiger partial charge in [-0.1, -0.05) is 6.07 Å². The Morgan fingerprint density at radius 2 is 1.77 bits per heavy atom. The van der Waals surface area contributed by atoms with Crippen LogP contribution in [0.4, 0.5) is 10.5 Å². The van der Waals surface area contributed by atoms with Gasteiger partial charge in [-0.3, -0.25) is 0 Å². The van der Waals surface area contributed by atoms with Gasteiger partial charge in [-0.25, -0.2) is 4.79 Å². The number of carbonyl (C=O) groups is 1. The van der Waals surface area contributed by atoms with Crippen LogP contribution in [-0.2, 0) is 5.54 Å². The number of benzene rings is 2. The molecule has 7 nitrogen and oxygen atoms in total. The molecule has 2 N–H and O–H groups in total. The predicted octanol–water partition coefficient (Wildman–Crippen LogP) is 3.24. The van der Waals surface area contributed by atoms with Crippen LogP contribution in [0.15, 0.2) is 36.4 Å². The van der Waals surface area contributed by atoms with Crippen LogP contribution in [0.1, 0.15) is 18.4 Å². The molecule has 0 radical (unpaired) electrons. The standard InChI is InChI=1S/C19H20N2O5/c1-23-14-5-3-12(9-16(14)24-2)19(7-8-19)21-18(22)20-13-4-6-15-17(10-13)26-11-25-15/h3-6,9-10H,7-8,11H2,1-2H3,(H2,20,21,22). The van der Waals surface area contributed by atoms with Gasteiger partial charge in [-0.15, -0.1) is 0 Å². The molecule has 2 aromatic rings. The van der Waals surface area contributed by atoms with Gasteiger partial charge in [-0.05, 0) is 42.7 Å². The van der Waals surface area contributed by atoms with Gasteiger partial charge in [0.2, 0.25) is 6.79 Å². The Balaban J connectivity index is 1.47. The van der Waals surface area contributed by atoms with Crippen LogP contribution in [0.25, 0.3) is 0 Å². The van der Waals surface area contributed by atoms with E-state index >= 15 is 0 Å². The van der Waals surface area contributed by atoms with Crippen LogP contribution in [0.5, 0.6) is 23.0 Å². The zero-order chi connectivity index (χ0) is 18.1. The first kappa shape index (κ1) is 16.4. The van der Waals surface area contributed by atoms with Crippen LogP contribution >= 0.6 is 0 Å². The van der Waals surface area contributed by atoms with Crippen molar-refractivity contribution in [3.8, 4) is 23.0 Å². The van der Waals surface area contributed by atoms with Gasteiger partial charge in [0.25, 0.3) is 0 Å². The molecule has 26 heavy (non-hydrogen) atoms. The van der Waals surface area contributed by atoms with Crippen LogP contribution < -0.4 is 29.6 Å². The highest BCUT2D eigenvalue weighted by Gasteiger charge is 2.46. The van der Waals surface area contributed by atoms with E-state index in [1.807, 2.05) is 18.2 Å². The fraction of sp³-hybridized carbons (Fsp3) is 0.316. The summed E-state index contributed by atoms with van der Waals surface area (Å²) in [6.45, 7) is 0.202. The quantitative estimate of drug-likeness (QED) is 0.860. The summed E-state index contributed by atoms with van der Waals surface area (Å²) in [5.41, 5.74) is 1.27. The number of amides is 2. The highest BCUT2D eigenvalue weighted by molar-refractivity contribution is 5.90. The van der Waals surface area contributed by atoms with Gasteiger partial charge in [-0.2, -0.15) is 0 Å². The zero-order valence-electron chi connectivity index (χ0n) is 14.6. The third kappa shape index (κ3) is 2.96. The minimum absolute atomic E-state index is 0.202. The number of hydrogen-bond acceptors (Lipinski definition) is 5. The van der Waals surface area contributed by atoms with Crippen LogP contribution in [-0.4, -0.2) is 27.0 Å². The zero-order valence-corrected chi connectivity index (χ0v) is 14.6. The number of nitrogens with one attached hydrogen (secondary N) is 2. The lowest BCUT2D eigenvalue weighted by atomic mass is 10.0. The Bertz CT molecular complexity index is 848. The molecule has 2 aromatic carbocycles. The van der Waals surface area contributed by atoms with Crippen LogP contribution in [0, 0.1) is 0 Å². The molecule has 2 amide bonds. The smallest absolute Gasteiger partial charge is 0.319 e. The molecule has 7 heteroatoms. The first-order chi connectivity index (χ1) is 12.6. The van der Waals surface area contributed by atoms with Gasteiger partial charge in [0, 0.05) is 11.8 Å². The van der Waals surface area contributed by atoms with Crippen molar-refractivity contribution in [2.45, 2.75) is 18.4 Å². The average molecular weight is 356 g/mol. The lowest BCUT2D eigenvalue weighted by molar-refractivity contribution is 0.174. The van der Waals surface area contributed by atoms with Crippen molar-refractivity contribution in [1.82, 2.24) is 5.32 Å². The maximum Gasteiger partial charge on any atom is 0.319 e. The summed E-state index contributed by atoms with van der Waals surface area (Å²) in [7, 11) is 3.20. The van der Waals surface area contributed by atoms with Gasteiger partial charge >= 0.3 is 6.03 Å². The van der Waals surface area contributed by atoms with E-state index in [1.165, 1.54) is 0 Å². The first-order valence-corrected chi connectivity index (χ1v) is 8.35. The molecule has 0 spiro atoms. The van der Waals surface area contributed by atoms with Crippen molar-refractivity contribution in [3.05, 3.63) is 42.0 Å². The van der Waals surface area contributed by atoms with Gasteiger partial charge in [0.1, 0.15) is 0 Å². The lowest BCUT2D eigenvalue weighted by Crippen LogP contribution is -2.38. The lowest BCUT2D eigenvalue weighted by Gasteiger charge is -2.20. The third-order valence-corrected chi connectivity index (χ3v) is 4.67. The van der Waals surface area contributed by atoms with E-state index < -0.39 is 0 Å². The van der Waals surface area contributed by atoms with Crippen molar-refractivity contribution < 1.29 is 23.7 Å². The summed E-state index contributed by atoms with van der Waals surface area (Å²) in [5.74, 6) is 2.62. The molecule has 4 rings (SSSR count). The van der Waals surface area contributed by atoms with Crippen LogP contribution in [0.3, 0.4) is 0 Å². The molecule has 1 aliphatic carbocycles. The van der Waals surface area contributed by atoms with Gasteiger partial charge < -0.3 is 29.6 Å². The number of hydrogen-bond donors (Lipinski definition) is 2. The normalized spacial score (nSPS) is 15.9. The average Bonchev–Trinajstić information content (AvgIpc) is 3.27. The molecule has 1 aliphatic heterocycles. The summed E-state index contributed by atoms with van der Waals surface area (Å²) in [4.78, 5) is 12.5. The molecule has 0 unspecified atom stereocenters. The van der Waals surface area contributed by atoms with Crippen molar-refractivity contribution in [2.24, 2.45) is 0 Å². The van der Waals surface area contributed by atoms with E-state index in [-0.39, 0.29) is 18.4 Å². The molecular formula is C19H20N2O5. The SMILES string of the molecule is COc1ccc(C2(NC(=O)Nc3ccc4c(c3)OCO4)CC2)cc1OC. The number of ether oxygens (including phenoxy) is 4. The first-order valence-electron chi connectivity index (χ1n) is 8.35. The van der Waals surface area contributed by atoms with E-state index in [2.05, 4.69) is 10.6 Å². The van der Waals surface area contributed by atoms with Crippen LogP contribution in [0.2, 0.25) is 0 Å². The second-order valence-electron chi connectivity index (χ2n) is 6.30. The van der Waals surface area contributed by atoms with Crippen molar-refractivity contribution in [2.75, 3.05) is 26.3 Å². The fourth-order valence-electron chi connectivity index (χ4n) is 3.10.